The van der Waals surface area contributed by atoms with Crippen molar-refractivity contribution < 1.29 is 28.3 Å². The molecule has 0 aliphatic heterocycles. The lowest BCUT2D eigenvalue weighted by Gasteiger charge is -2.10. The van der Waals surface area contributed by atoms with Crippen molar-refractivity contribution in [3.05, 3.63) is 46.1 Å². The van der Waals surface area contributed by atoms with Crippen LogP contribution >= 0.6 is 0 Å². The predicted molar refractivity (Wildman–Crippen MR) is 88.0 cm³/mol. The van der Waals surface area contributed by atoms with E-state index in [1.165, 1.54) is 38.1 Å². The van der Waals surface area contributed by atoms with Gasteiger partial charge in [0.2, 0.25) is 5.43 Å². The maximum Gasteiger partial charge on any atom is 0.308 e. The van der Waals surface area contributed by atoms with E-state index >= 15 is 0 Å². The Morgan fingerprint density at radius 2 is 1.80 bits per heavy atom. The molecule has 2 aromatic carbocycles. The number of ether oxygens (including phenoxy) is 2. The van der Waals surface area contributed by atoms with Gasteiger partial charge in [0.25, 0.3) is 0 Å². The smallest absolute Gasteiger partial charge is 0.308 e. The molecule has 0 unspecified atom stereocenters. The quantitative estimate of drug-likeness (QED) is 0.313. The van der Waals surface area contributed by atoms with Crippen LogP contribution in [0.1, 0.15) is 24.2 Å². The van der Waals surface area contributed by atoms with E-state index in [1.54, 1.807) is 6.07 Å². The van der Waals surface area contributed by atoms with Crippen LogP contribution in [0.5, 0.6) is 11.5 Å². The monoisotopic (exact) mass is 340 g/mol. The first-order valence-electron chi connectivity index (χ1n) is 7.26. The average molecular weight is 340 g/mol. The molecular formula is C18H12O7. The first-order chi connectivity index (χ1) is 11.9. The maximum atomic E-state index is 12.8. The second-order valence-corrected chi connectivity index (χ2v) is 5.25. The van der Waals surface area contributed by atoms with E-state index in [4.69, 9.17) is 13.9 Å². The molecule has 0 radical (unpaired) electrons. The normalized spacial score (nSPS) is 10.6. The van der Waals surface area contributed by atoms with Crippen LogP contribution < -0.4 is 14.9 Å². The number of hydrogen-bond donors (Lipinski definition) is 0. The summed E-state index contributed by atoms with van der Waals surface area (Å²) in [5.41, 5.74) is -0.139. The summed E-state index contributed by atoms with van der Waals surface area (Å²) in [6.07, 6.45) is 0.569. The zero-order valence-electron chi connectivity index (χ0n) is 13.3. The molecule has 0 amide bonds. The fraction of sp³-hybridized carbons (Fsp3) is 0.111. The van der Waals surface area contributed by atoms with Crippen LogP contribution in [0.25, 0.3) is 21.9 Å². The molecule has 25 heavy (non-hydrogen) atoms. The Hall–Kier alpha value is -3.48. The van der Waals surface area contributed by atoms with Gasteiger partial charge in [-0.15, -0.1) is 0 Å². The minimum Gasteiger partial charge on any atom is -0.455 e. The van der Waals surface area contributed by atoms with E-state index in [1.807, 2.05) is 0 Å². The van der Waals surface area contributed by atoms with Crippen LogP contribution in [0.3, 0.4) is 0 Å². The van der Waals surface area contributed by atoms with Gasteiger partial charge in [0.15, 0.2) is 6.29 Å². The molecule has 7 nitrogen and oxygen atoms in total. The fourth-order valence-electron chi connectivity index (χ4n) is 2.52. The molecule has 0 saturated heterocycles. The number of fused-ring (bicyclic) bond motifs is 2. The van der Waals surface area contributed by atoms with Crippen molar-refractivity contribution in [1.29, 1.82) is 0 Å². The standard InChI is InChI=1S/C18H12O7/c1-9(20)23-12-6-14(24-10(2)21)16-15(7-12)25-18-11(8-19)4-3-5-13(18)17(16)22/h3-8H,1-2H3. The SMILES string of the molecule is CC(=O)Oc1cc(OC(C)=O)c2c(=O)c3cccc(C=O)c3oc2c1. The van der Waals surface area contributed by atoms with Crippen LogP contribution in [0, 0.1) is 0 Å². The van der Waals surface area contributed by atoms with Crippen molar-refractivity contribution in [2.75, 3.05) is 0 Å². The fourth-order valence-corrected chi connectivity index (χ4v) is 2.52. The topological polar surface area (TPSA) is 99.9 Å². The van der Waals surface area contributed by atoms with Gasteiger partial charge in [0.05, 0.1) is 10.9 Å². The molecule has 0 N–H and O–H groups in total. The number of rotatable bonds is 3. The molecule has 0 spiro atoms. The Labute approximate surface area is 140 Å². The summed E-state index contributed by atoms with van der Waals surface area (Å²) >= 11 is 0. The summed E-state index contributed by atoms with van der Waals surface area (Å²) in [5, 5.41) is 0.187. The molecule has 0 bridgehead atoms. The largest absolute Gasteiger partial charge is 0.455 e. The van der Waals surface area contributed by atoms with E-state index in [-0.39, 0.29) is 39.0 Å². The van der Waals surface area contributed by atoms with E-state index in [9.17, 15) is 19.2 Å². The zero-order valence-corrected chi connectivity index (χ0v) is 13.3. The van der Waals surface area contributed by atoms with Crippen LogP contribution in [0.4, 0.5) is 0 Å². The summed E-state index contributed by atoms with van der Waals surface area (Å²) < 4.78 is 15.7. The maximum absolute atomic E-state index is 12.8. The third kappa shape index (κ3) is 2.99. The number of aldehydes is 1. The molecule has 3 aromatic rings. The lowest BCUT2D eigenvalue weighted by Crippen LogP contribution is -2.10. The molecule has 1 heterocycles. The van der Waals surface area contributed by atoms with Crippen molar-refractivity contribution in [3.8, 4) is 11.5 Å². The summed E-state index contributed by atoms with van der Waals surface area (Å²) in [4.78, 5) is 46.6. The van der Waals surface area contributed by atoms with E-state index in [0.29, 0.717) is 6.29 Å². The highest BCUT2D eigenvalue weighted by Gasteiger charge is 2.18. The first kappa shape index (κ1) is 16.4. The number of esters is 2. The molecule has 0 atom stereocenters. The van der Waals surface area contributed by atoms with E-state index in [2.05, 4.69) is 0 Å². The van der Waals surface area contributed by atoms with Crippen molar-refractivity contribution in [1.82, 2.24) is 0 Å². The number of hydrogen-bond acceptors (Lipinski definition) is 7. The van der Waals surface area contributed by atoms with Gasteiger partial charge in [-0.05, 0) is 12.1 Å². The van der Waals surface area contributed by atoms with Crippen molar-refractivity contribution >= 4 is 40.2 Å². The van der Waals surface area contributed by atoms with Crippen LogP contribution in [0.2, 0.25) is 0 Å². The molecule has 0 saturated carbocycles. The Balaban J connectivity index is 2.44. The molecular weight excluding hydrogens is 328 g/mol. The third-order valence-electron chi connectivity index (χ3n) is 3.41. The molecule has 0 aliphatic carbocycles. The lowest BCUT2D eigenvalue weighted by molar-refractivity contribution is -0.132. The number of carbonyl (C=O) groups excluding carboxylic acids is 3. The molecule has 0 aliphatic rings. The molecule has 0 fully saturated rings. The van der Waals surface area contributed by atoms with Gasteiger partial charge in [0, 0.05) is 26.0 Å². The highest BCUT2D eigenvalue weighted by molar-refractivity contribution is 6.00. The van der Waals surface area contributed by atoms with Gasteiger partial charge >= 0.3 is 11.9 Å². The zero-order chi connectivity index (χ0) is 18.1. The van der Waals surface area contributed by atoms with Gasteiger partial charge in [0.1, 0.15) is 28.1 Å². The minimum atomic E-state index is -0.651. The van der Waals surface area contributed by atoms with Gasteiger partial charge in [-0.3, -0.25) is 19.2 Å². The van der Waals surface area contributed by atoms with Crippen molar-refractivity contribution in [2.45, 2.75) is 13.8 Å². The predicted octanol–water partition coefficient (Wildman–Crippen LogP) is 2.61. The molecule has 1 aromatic heterocycles. The molecule has 126 valence electrons. The second-order valence-electron chi connectivity index (χ2n) is 5.25. The van der Waals surface area contributed by atoms with Gasteiger partial charge < -0.3 is 13.9 Å². The summed E-state index contributed by atoms with van der Waals surface area (Å²) in [6.45, 7) is 2.38. The van der Waals surface area contributed by atoms with Gasteiger partial charge in [-0.2, -0.15) is 0 Å². The third-order valence-corrected chi connectivity index (χ3v) is 3.41. The first-order valence-corrected chi connectivity index (χ1v) is 7.26. The molecule has 7 heteroatoms. The van der Waals surface area contributed by atoms with E-state index in [0.717, 1.165) is 0 Å². The lowest BCUT2D eigenvalue weighted by atomic mass is 10.1. The Morgan fingerprint density at radius 3 is 2.44 bits per heavy atom. The second kappa shape index (κ2) is 6.20. The number of para-hydroxylation sites is 1. The highest BCUT2D eigenvalue weighted by atomic mass is 16.5. The van der Waals surface area contributed by atoms with Crippen molar-refractivity contribution in [2.24, 2.45) is 0 Å². The number of benzene rings is 2. The summed E-state index contributed by atoms with van der Waals surface area (Å²) in [6, 6.07) is 7.15. The van der Waals surface area contributed by atoms with Crippen LogP contribution in [-0.2, 0) is 9.59 Å². The van der Waals surface area contributed by atoms with Gasteiger partial charge in [-0.1, -0.05) is 6.07 Å². The highest BCUT2D eigenvalue weighted by Crippen LogP contribution is 2.32. The van der Waals surface area contributed by atoms with Crippen LogP contribution in [0.15, 0.2) is 39.5 Å². The summed E-state index contributed by atoms with van der Waals surface area (Å²) in [7, 11) is 0. The Kier molecular flexibility index (Phi) is 4.06. The minimum absolute atomic E-state index is 0.0154. The Morgan fingerprint density at radius 1 is 1.08 bits per heavy atom. The van der Waals surface area contributed by atoms with Gasteiger partial charge in [-0.25, -0.2) is 0 Å². The Bertz CT molecular complexity index is 1090. The molecule has 3 rings (SSSR count). The van der Waals surface area contributed by atoms with Crippen molar-refractivity contribution in [3.63, 3.8) is 0 Å². The van der Waals surface area contributed by atoms with E-state index < -0.39 is 17.4 Å². The number of carbonyl (C=O) groups is 3. The average Bonchev–Trinajstić information content (AvgIpc) is 2.53. The van der Waals surface area contributed by atoms with Crippen LogP contribution in [-0.4, -0.2) is 18.2 Å². The summed E-state index contributed by atoms with van der Waals surface area (Å²) in [5.74, 6) is -1.29.